The summed E-state index contributed by atoms with van der Waals surface area (Å²) in [6.07, 6.45) is -3.18. The van der Waals surface area contributed by atoms with Gasteiger partial charge in [0.25, 0.3) is 0 Å². The van der Waals surface area contributed by atoms with Crippen molar-refractivity contribution in [1.29, 1.82) is 0 Å². The lowest BCUT2D eigenvalue weighted by atomic mass is 9.86. The molecule has 0 saturated carbocycles. The number of para-hydroxylation sites is 1. The topological polar surface area (TPSA) is 32.7 Å². The van der Waals surface area contributed by atoms with Crippen molar-refractivity contribution in [3.05, 3.63) is 29.8 Å². The number of hydrogen-bond donors (Lipinski definition) is 1. The molecule has 21 heavy (non-hydrogen) atoms. The van der Waals surface area contributed by atoms with E-state index in [0.29, 0.717) is 19.4 Å². The summed E-state index contributed by atoms with van der Waals surface area (Å²) in [7, 11) is 0. The SMILES string of the molecule is CCN1CCCC(O)(c2ccccc2OC(F)(F)F)CC1. The zero-order valence-corrected chi connectivity index (χ0v) is 12.0. The lowest BCUT2D eigenvalue weighted by molar-refractivity contribution is -0.275. The monoisotopic (exact) mass is 303 g/mol. The van der Waals surface area contributed by atoms with E-state index in [1.807, 2.05) is 6.92 Å². The van der Waals surface area contributed by atoms with Gasteiger partial charge in [0.2, 0.25) is 0 Å². The molecule has 0 bridgehead atoms. The number of alkyl halides is 3. The molecule has 3 nitrogen and oxygen atoms in total. The maximum absolute atomic E-state index is 12.5. The van der Waals surface area contributed by atoms with Crippen LogP contribution in [-0.4, -0.2) is 36.0 Å². The van der Waals surface area contributed by atoms with Crippen LogP contribution in [0.2, 0.25) is 0 Å². The molecule has 1 N–H and O–H groups in total. The van der Waals surface area contributed by atoms with E-state index in [4.69, 9.17) is 0 Å². The van der Waals surface area contributed by atoms with Crippen LogP contribution in [0.3, 0.4) is 0 Å². The third kappa shape index (κ3) is 4.11. The second-order valence-electron chi connectivity index (χ2n) is 5.36. The second kappa shape index (κ2) is 6.23. The van der Waals surface area contributed by atoms with Crippen LogP contribution in [0.4, 0.5) is 13.2 Å². The van der Waals surface area contributed by atoms with E-state index in [0.717, 1.165) is 19.5 Å². The maximum atomic E-state index is 12.5. The van der Waals surface area contributed by atoms with Crippen molar-refractivity contribution in [3.63, 3.8) is 0 Å². The molecular weight excluding hydrogens is 283 g/mol. The lowest BCUT2D eigenvalue weighted by Crippen LogP contribution is -2.30. The predicted octanol–water partition coefficient (Wildman–Crippen LogP) is 3.28. The normalized spacial score (nSPS) is 24.6. The number of hydrogen-bond acceptors (Lipinski definition) is 3. The van der Waals surface area contributed by atoms with Gasteiger partial charge in [0.05, 0.1) is 5.60 Å². The van der Waals surface area contributed by atoms with E-state index in [2.05, 4.69) is 9.64 Å². The summed E-state index contributed by atoms with van der Waals surface area (Å²) in [5, 5.41) is 10.8. The molecule has 1 heterocycles. The molecule has 0 aromatic heterocycles. The average Bonchev–Trinajstić information content (AvgIpc) is 2.60. The van der Waals surface area contributed by atoms with E-state index in [1.54, 1.807) is 6.07 Å². The smallest absolute Gasteiger partial charge is 0.405 e. The Morgan fingerprint density at radius 2 is 1.95 bits per heavy atom. The van der Waals surface area contributed by atoms with E-state index < -0.39 is 12.0 Å². The first-order valence-corrected chi connectivity index (χ1v) is 7.14. The van der Waals surface area contributed by atoms with Crippen LogP contribution >= 0.6 is 0 Å². The van der Waals surface area contributed by atoms with Crippen LogP contribution in [0.15, 0.2) is 24.3 Å². The van der Waals surface area contributed by atoms with Gasteiger partial charge in [-0.25, -0.2) is 0 Å². The van der Waals surface area contributed by atoms with Crippen molar-refractivity contribution in [2.75, 3.05) is 19.6 Å². The van der Waals surface area contributed by atoms with E-state index in [-0.39, 0.29) is 11.3 Å². The highest BCUT2D eigenvalue weighted by molar-refractivity contribution is 5.38. The Kier molecular flexibility index (Phi) is 4.78. The van der Waals surface area contributed by atoms with Crippen molar-refractivity contribution in [1.82, 2.24) is 4.90 Å². The molecule has 0 spiro atoms. The van der Waals surface area contributed by atoms with Crippen molar-refractivity contribution in [2.24, 2.45) is 0 Å². The molecule has 2 rings (SSSR count). The van der Waals surface area contributed by atoms with Crippen LogP contribution in [0.1, 0.15) is 31.7 Å². The number of halogens is 3. The van der Waals surface area contributed by atoms with Gasteiger partial charge in [0.1, 0.15) is 5.75 Å². The van der Waals surface area contributed by atoms with Crippen molar-refractivity contribution >= 4 is 0 Å². The fraction of sp³-hybridized carbons (Fsp3) is 0.600. The Hall–Kier alpha value is -1.27. The highest BCUT2D eigenvalue weighted by atomic mass is 19.4. The van der Waals surface area contributed by atoms with Crippen molar-refractivity contribution in [2.45, 2.75) is 38.1 Å². The van der Waals surface area contributed by atoms with Crippen LogP contribution in [0, 0.1) is 0 Å². The molecule has 0 aliphatic carbocycles. The molecule has 6 heteroatoms. The molecule has 1 saturated heterocycles. The zero-order chi connectivity index (χ0) is 15.5. The third-order valence-corrected chi connectivity index (χ3v) is 3.97. The molecule has 0 radical (unpaired) electrons. The number of likely N-dealkylation sites (tertiary alicyclic amines) is 1. The van der Waals surface area contributed by atoms with Crippen molar-refractivity contribution < 1.29 is 23.0 Å². The summed E-state index contributed by atoms with van der Waals surface area (Å²) in [6.45, 7) is 4.41. The standard InChI is InChI=1S/C15H20F3NO2/c1-2-19-10-5-8-14(20,9-11-19)12-6-3-4-7-13(12)21-15(16,17)18/h3-4,6-7,20H,2,5,8-11H2,1H3. The van der Waals surface area contributed by atoms with Gasteiger partial charge in [-0.2, -0.15) is 0 Å². The van der Waals surface area contributed by atoms with Gasteiger partial charge in [-0.15, -0.1) is 13.2 Å². The number of benzene rings is 1. The van der Waals surface area contributed by atoms with E-state index in [1.165, 1.54) is 18.2 Å². The summed E-state index contributed by atoms with van der Waals surface area (Å²) >= 11 is 0. The van der Waals surface area contributed by atoms with Crippen LogP contribution in [0.25, 0.3) is 0 Å². The zero-order valence-electron chi connectivity index (χ0n) is 12.0. The molecule has 118 valence electrons. The Morgan fingerprint density at radius 3 is 2.62 bits per heavy atom. The molecule has 1 aliphatic heterocycles. The number of rotatable bonds is 3. The predicted molar refractivity (Wildman–Crippen MR) is 73.0 cm³/mol. The molecule has 0 amide bonds. The molecule has 1 aromatic rings. The molecule has 1 aromatic carbocycles. The van der Waals surface area contributed by atoms with Crippen LogP contribution in [-0.2, 0) is 5.60 Å². The Bertz CT molecular complexity index is 478. The summed E-state index contributed by atoms with van der Waals surface area (Å²) in [4.78, 5) is 2.19. The lowest BCUT2D eigenvalue weighted by Gasteiger charge is -2.29. The van der Waals surface area contributed by atoms with E-state index in [9.17, 15) is 18.3 Å². The minimum atomic E-state index is -4.76. The molecule has 1 fully saturated rings. The Balaban J connectivity index is 2.27. The summed E-state index contributed by atoms with van der Waals surface area (Å²) in [5.74, 6) is -0.308. The largest absolute Gasteiger partial charge is 0.573 e. The second-order valence-corrected chi connectivity index (χ2v) is 5.36. The summed E-state index contributed by atoms with van der Waals surface area (Å²) in [5.41, 5.74) is -1.05. The number of nitrogens with zero attached hydrogens (tertiary/aromatic N) is 1. The minimum absolute atomic E-state index is 0.222. The highest BCUT2D eigenvalue weighted by Gasteiger charge is 2.38. The molecular formula is C15H20F3NO2. The van der Waals surface area contributed by atoms with Gasteiger partial charge in [-0.05, 0) is 38.4 Å². The van der Waals surface area contributed by atoms with Gasteiger partial charge < -0.3 is 14.7 Å². The fourth-order valence-electron chi connectivity index (χ4n) is 2.83. The van der Waals surface area contributed by atoms with Gasteiger partial charge in [-0.1, -0.05) is 25.1 Å². The molecule has 1 atom stereocenters. The van der Waals surface area contributed by atoms with Crippen molar-refractivity contribution in [3.8, 4) is 5.75 Å². The van der Waals surface area contributed by atoms with Gasteiger partial charge in [0.15, 0.2) is 0 Å². The first-order chi connectivity index (χ1) is 9.84. The van der Waals surface area contributed by atoms with Crippen LogP contribution < -0.4 is 4.74 Å². The first-order valence-electron chi connectivity index (χ1n) is 7.14. The van der Waals surface area contributed by atoms with Gasteiger partial charge in [0, 0.05) is 12.1 Å². The van der Waals surface area contributed by atoms with E-state index >= 15 is 0 Å². The molecule has 1 unspecified atom stereocenters. The van der Waals surface area contributed by atoms with Gasteiger partial charge in [-0.3, -0.25) is 0 Å². The summed E-state index contributed by atoms with van der Waals surface area (Å²) in [6, 6.07) is 5.87. The van der Waals surface area contributed by atoms with Gasteiger partial charge >= 0.3 is 6.36 Å². The summed E-state index contributed by atoms with van der Waals surface area (Å²) < 4.78 is 41.6. The average molecular weight is 303 g/mol. The highest BCUT2D eigenvalue weighted by Crippen LogP contribution is 2.39. The Labute approximate surface area is 122 Å². The fourth-order valence-corrected chi connectivity index (χ4v) is 2.83. The number of ether oxygens (including phenoxy) is 1. The quantitative estimate of drug-likeness (QED) is 0.930. The Morgan fingerprint density at radius 1 is 1.24 bits per heavy atom. The minimum Gasteiger partial charge on any atom is -0.405 e. The first kappa shape index (κ1) is 16.1. The maximum Gasteiger partial charge on any atom is 0.573 e. The number of aliphatic hydroxyl groups is 1. The van der Waals surface area contributed by atoms with Crippen LogP contribution in [0.5, 0.6) is 5.75 Å². The molecule has 1 aliphatic rings. The third-order valence-electron chi connectivity index (χ3n) is 3.97.